The Morgan fingerprint density at radius 3 is 1.01 bits per heavy atom. The van der Waals surface area contributed by atoms with Gasteiger partial charge in [0.1, 0.15) is 0 Å². The molecule has 0 aromatic rings. The summed E-state index contributed by atoms with van der Waals surface area (Å²) >= 11 is 0. The van der Waals surface area contributed by atoms with E-state index in [1.54, 1.807) is 0 Å². The summed E-state index contributed by atoms with van der Waals surface area (Å²) in [4.78, 5) is 24.6. The lowest BCUT2D eigenvalue weighted by Gasteiger charge is -2.22. The maximum absolute atomic E-state index is 12.5. The molecule has 0 radical (unpaired) electrons. The number of allylic oxidation sites excluding steroid dienone is 4. The van der Waals surface area contributed by atoms with Crippen molar-refractivity contribution in [3.8, 4) is 0 Å². The quantitative estimate of drug-likeness (QED) is 0.0321. The number of unbranched alkanes of at least 4 members (excludes halogenated alkanes) is 44. The first-order valence-electron chi connectivity index (χ1n) is 31.6. The van der Waals surface area contributed by atoms with Gasteiger partial charge in [0.2, 0.25) is 5.91 Å². The Hall–Kier alpha value is -1.66. The maximum atomic E-state index is 12.5. The average molecular weight is 987 g/mol. The molecule has 0 rings (SSSR count). The second-order valence-electron chi connectivity index (χ2n) is 21.7. The van der Waals surface area contributed by atoms with Crippen molar-refractivity contribution in [1.29, 1.82) is 0 Å². The number of nitrogens with one attached hydrogen (secondary N) is 1. The van der Waals surface area contributed by atoms with Crippen molar-refractivity contribution in [2.75, 3.05) is 13.2 Å². The van der Waals surface area contributed by atoms with E-state index >= 15 is 0 Å². The molecule has 2 unspecified atom stereocenters. The maximum Gasteiger partial charge on any atom is 0.305 e. The molecule has 0 saturated carbocycles. The van der Waals surface area contributed by atoms with Gasteiger partial charge in [-0.1, -0.05) is 282 Å². The highest BCUT2D eigenvalue weighted by Gasteiger charge is 2.20. The molecular formula is C64H123NO5. The van der Waals surface area contributed by atoms with Crippen molar-refractivity contribution in [2.24, 2.45) is 0 Å². The predicted molar refractivity (Wildman–Crippen MR) is 306 cm³/mol. The molecule has 0 fully saturated rings. The van der Waals surface area contributed by atoms with Crippen LogP contribution in [0.5, 0.6) is 0 Å². The van der Waals surface area contributed by atoms with Crippen molar-refractivity contribution in [2.45, 2.75) is 360 Å². The Kier molecular flexibility index (Phi) is 58.5. The normalized spacial score (nSPS) is 12.7. The summed E-state index contributed by atoms with van der Waals surface area (Å²) in [6, 6.07) is -0.548. The average Bonchev–Trinajstić information content (AvgIpc) is 3.36. The SMILES string of the molecule is CCCCCCCC/C=C\CCCCCCCC(=O)OCCCCCCCCCCC/C=C\CCCCCCCCCC(=O)NC(CO)C(O)CCCCCCCCCCCCCCCCCCCC. The van der Waals surface area contributed by atoms with Gasteiger partial charge in [0.05, 0.1) is 25.4 Å². The molecule has 2 atom stereocenters. The third-order valence-electron chi connectivity index (χ3n) is 14.7. The molecule has 0 heterocycles. The van der Waals surface area contributed by atoms with Crippen LogP contribution in [0.15, 0.2) is 24.3 Å². The van der Waals surface area contributed by atoms with Gasteiger partial charge in [-0.15, -0.1) is 0 Å². The zero-order valence-electron chi connectivity index (χ0n) is 47.3. The second-order valence-corrected chi connectivity index (χ2v) is 21.7. The number of hydrogen-bond acceptors (Lipinski definition) is 5. The molecule has 6 heteroatoms. The van der Waals surface area contributed by atoms with Crippen LogP contribution in [0.4, 0.5) is 0 Å². The number of carbonyl (C=O) groups is 2. The minimum absolute atomic E-state index is 0.00112. The van der Waals surface area contributed by atoms with Crippen molar-refractivity contribution in [1.82, 2.24) is 5.32 Å². The van der Waals surface area contributed by atoms with Crippen LogP contribution in [0.3, 0.4) is 0 Å². The predicted octanol–water partition coefficient (Wildman–Crippen LogP) is 19.8. The Morgan fingerprint density at radius 1 is 0.386 bits per heavy atom. The molecule has 0 bridgehead atoms. The van der Waals surface area contributed by atoms with Crippen LogP contribution >= 0.6 is 0 Å². The van der Waals surface area contributed by atoms with Gasteiger partial charge in [-0.2, -0.15) is 0 Å². The third kappa shape index (κ3) is 55.7. The number of aliphatic hydroxyl groups is 2. The van der Waals surface area contributed by atoms with Crippen LogP contribution in [-0.4, -0.2) is 47.4 Å². The van der Waals surface area contributed by atoms with Gasteiger partial charge < -0.3 is 20.3 Å². The van der Waals surface area contributed by atoms with Crippen molar-refractivity contribution in [3.63, 3.8) is 0 Å². The zero-order chi connectivity index (χ0) is 50.7. The first-order chi connectivity index (χ1) is 34.5. The van der Waals surface area contributed by atoms with Gasteiger partial charge in [0.25, 0.3) is 0 Å². The number of esters is 1. The standard InChI is InChI=1S/C64H123NO5/c1-3-5-7-9-11-13-15-17-19-20-25-29-32-36-40-44-48-52-56-62(67)61(60-66)65-63(68)57-53-49-45-41-37-33-30-26-23-21-22-24-27-31-35-39-43-47-51-55-59-70-64(69)58-54-50-46-42-38-34-28-18-16-14-12-10-8-6-4-2/h18,21,23,28,61-62,66-67H,3-17,19-20,22,24-27,29-60H2,1-2H3,(H,65,68)/b23-21-,28-18-. The minimum atomic E-state index is -0.670. The molecule has 6 nitrogen and oxygen atoms in total. The lowest BCUT2D eigenvalue weighted by Crippen LogP contribution is -2.45. The summed E-state index contributed by atoms with van der Waals surface area (Å²) in [5, 5.41) is 23.3. The van der Waals surface area contributed by atoms with E-state index in [-0.39, 0.29) is 18.5 Å². The van der Waals surface area contributed by atoms with Gasteiger partial charge in [0.15, 0.2) is 0 Å². The number of rotatable bonds is 59. The molecule has 0 aliphatic rings. The first kappa shape index (κ1) is 68.3. The van der Waals surface area contributed by atoms with Crippen LogP contribution in [0.25, 0.3) is 0 Å². The number of hydrogen-bond donors (Lipinski definition) is 3. The Bertz CT molecular complexity index is 1090. The van der Waals surface area contributed by atoms with E-state index in [2.05, 4.69) is 43.5 Å². The summed E-state index contributed by atoms with van der Waals surface area (Å²) < 4.78 is 5.48. The summed E-state index contributed by atoms with van der Waals surface area (Å²) in [5.74, 6) is -0.0421. The van der Waals surface area contributed by atoms with Crippen molar-refractivity contribution < 1.29 is 24.5 Å². The number of amides is 1. The monoisotopic (exact) mass is 986 g/mol. The van der Waals surface area contributed by atoms with Crippen LogP contribution < -0.4 is 5.32 Å². The van der Waals surface area contributed by atoms with E-state index < -0.39 is 12.1 Å². The summed E-state index contributed by atoms with van der Waals surface area (Å²) in [5.41, 5.74) is 0. The topological polar surface area (TPSA) is 95.9 Å². The smallest absolute Gasteiger partial charge is 0.305 e. The van der Waals surface area contributed by atoms with Crippen LogP contribution in [0, 0.1) is 0 Å². The van der Waals surface area contributed by atoms with E-state index in [1.165, 1.54) is 270 Å². The van der Waals surface area contributed by atoms with Crippen molar-refractivity contribution >= 4 is 11.9 Å². The van der Waals surface area contributed by atoms with Crippen LogP contribution in [0.2, 0.25) is 0 Å². The third-order valence-corrected chi connectivity index (χ3v) is 14.7. The first-order valence-corrected chi connectivity index (χ1v) is 31.6. The highest BCUT2D eigenvalue weighted by Crippen LogP contribution is 2.18. The fraction of sp³-hybridized carbons (Fsp3) is 0.906. The highest BCUT2D eigenvalue weighted by molar-refractivity contribution is 5.76. The van der Waals surface area contributed by atoms with Crippen molar-refractivity contribution in [3.05, 3.63) is 24.3 Å². The molecule has 0 saturated heterocycles. The molecule has 0 aliphatic carbocycles. The summed E-state index contributed by atoms with van der Waals surface area (Å²) in [6.45, 7) is 4.96. The Morgan fingerprint density at radius 2 is 0.671 bits per heavy atom. The molecule has 1 amide bonds. The minimum Gasteiger partial charge on any atom is -0.466 e. The van der Waals surface area contributed by atoms with Gasteiger partial charge in [-0.25, -0.2) is 0 Å². The summed E-state index contributed by atoms with van der Waals surface area (Å²) in [6.07, 6.45) is 73.3. The number of carbonyl (C=O) groups excluding carboxylic acids is 2. The van der Waals surface area contributed by atoms with Crippen LogP contribution in [0.1, 0.15) is 348 Å². The van der Waals surface area contributed by atoms with Gasteiger partial charge in [-0.05, 0) is 77.0 Å². The Labute approximate surface area is 437 Å². The molecule has 414 valence electrons. The molecule has 70 heavy (non-hydrogen) atoms. The largest absolute Gasteiger partial charge is 0.466 e. The van der Waals surface area contributed by atoms with E-state index in [0.29, 0.717) is 25.9 Å². The lowest BCUT2D eigenvalue weighted by molar-refractivity contribution is -0.143. The fourth-order valence-electron chi connectivity index (χ4n) is 9.87. The van der Waals surface area contributed by atoms with Gasteiger partial charge >= 0.3 is 5.97 Å². The van der Waals surface area contributed by atoms with E-state index in [1.807, 2.05) is 0 Å². The number of ether oxygens (including phenoxy) is 1. The van der Waals surface area contributed by atoms with E-state index in [9.17, 15) is 19.8 Å². The molecule has 0 spiro atoms. The molecular weight excluding hydrogens is 863 g/mol. The highest BCUT2D eigenvalue weighted by atomic mass is 16.5. The van der Waals surface area contributed by atoms with E-state index in [4.69, 9.17) is 4.74 Å². The van der Waals surface area contributed by atoms with E-state index in [0.717, 1.165) is 44.9 Å². The van der Waals surface area contributed by atoms with Crippen LogP contribution in [-0.2, 0) is 14.3 Å². The molecule has 0 aromatic heterocycles. The van der Waals surface area contributed by atoms with Gasteiger partial charge in [0, 0.05) is 12.8 Å². The summed E-state index contributed by atoms with van der Waals surface area (Å²) in [7, 11) is 0. The lowest BCUT2D eigenvalue weighted by atomic mass is 10.0. The Balaban J connectivity index is 3.43. The zero-order valence-corrected chi connectivity index (χ0v) is 47.3. The molecule has 0 aliphatic heterocycles. The molecule has 3 N–H and O–H groups in total. The second kappa shape index (κ2) is 59.9. The fourth-order valence-corrected chi connectivity index (χ4v) is 9.87. The molecule has 0 aromatic carbocycles. The van der Waals surface area contributed by atoms with Gasteiger partial charge in [-0.3, -0.25) is 9.59 Å². The number of aliphatic hydroxyl groups excluding tert-OH is 2.